The molecule has 94 valence electrons. The molecule has 16 heavy (non-hydrogen) atoms. The van der Waals surface area contributed by atoms with Gasteiger partial charge < -0.3 is 10.1 Å². The lowest BCUT2D eigenvalue weighted by atomic mass is 9.84. The van der Waals surface area contributed by atoms with Crippen molar-refractivity contribution >= 4 is 6.21 Å². The van der Waals surface area contributed by atoms with E-state index in [0.717, 1.165) is 6.54 Å². The minimum Gasteiger partial charge on any atom is -0.389 e. The highest BCUT2D eigenvalue weighted by molar-refractivity contribution is 5.61. The van der Waals surface area contributed by atoms with Crippen molar-refractivity contribution in [2.24, 2.45) is 10.9 Å². The summed E-state index contributed by atoms with van der Waals surface area (Å²) in [5.41, 5.74) is -0.611. The van der Waals surface area contributed by atoms with Crippen molar-refractivity contribution in [1.29, 1.82) is 0 Å². The third-order valence-corrected chi connectivity index (χ3v) is 3.32. The first kappa shape index (κ1) is 13.7. The van der Waals surface area contributed by atoms with E-state index < -0.39 is 5.60 Å². The number of hydrogen-bond acceptors (Lipinski definition) is 3. The lowest BCUT2D eigenvalue weighted by molar-refractivity contribution is 0.0203. The summed E-state index contributed by atoms with van der Waals surface area (Å²) < 4.78 is 0. The summed E-state index contributed by atoms with van der Waals surface area (Å²) in [5.74, 6) is 0.561. The summed E-state index contributed by atoms with van der Waals surface area (Å²) >= 11 is 0. The molecule has 0 saturated heterocycles. The van der Waals surface area contributed by atoms with Gasteiger partial charge in [-0.2, -0.15) is 0 Å². The Hall–Kier alpha value is -0.410. The van der Waals surface area contributed by atoms with Crippen molar-refractivity contribution < 1.29 is 5.11 Å². The molecular formula is C13H26N2O. The highest BCUT2D eigenvalue weighted by atomic mass is 16.3. The monoisotopic (exact) mass is 226 g/mol. The molecule has 0 spiro atoms. The number of hydrogen-bond donors (Lipinski definition) is 1. The Balaban J connectivity index is 2.60. The molecule has 0 aliphatic heterocycles. The molecule has 0 bridgehead atoms. The maximum atomic E-state index is 9.86. The van der Waals surface area contributed by atoms with Crippen LogP contribution in [0.2, 0.25) is 0 Å². The summed E-state index contributed by atoms with van der Waals surface area (Å²) in [5, 5.41) is 9.86. The fraction of sp³-hybridized carbons (Fsp3) is 0.923. The van der Waals surface area contributed by atoms with E-state index in [4.69, 9.17) is 0 Å². The first-order valence-electron chi connectivity index (χ1n) is 6.29. The Morgan fingerprint density at radius 2 is 2.00 bits per heavy atom. The van der Waals surface area contributed by atoms with Gasteiger partial charge in [-0.15, -0.1) is 0 Å². The molecule has 0 amide bonds. The zero-order chi connectivity index (χ0) is 12.2. The molecule has 3 heteroatoms. The largest absolute Gasteiger partial charge is 0.389 e. The van der Waals surface area contributed by atoms with Crippen LogP contribution in [-0.2, 0) is 0 Å². The van der Waals surface area contributed by atoms with Crippen molar-refractivity contribution in [3.8, 4) is 0 Å². The average molecular weight is 226 g/mol. The Morgan fingerprint density at radius 1 is 1.38 bits per heavy atom. The van der Waals surface area contributed by atoms with Gasteiger partial charge in [-0.3, -0.25) is 4.90 Å². The van der Waals surface area contributed by atoms with Crippen LogP contribution < -0.4 is 0 Å². The number of aliphatic hydroxyl groups is 1. The van der Waals surface area contributed by atoms with Gasteiger partial charge in [-0.25, -0.2) is 0 Å². The highest BCUT2D eigenvalue weighted by Gasteiger charge is 2.29. The van der Waals surface area contributed by atoms with Gasteiger partial charge in [0.25, 0.3) is 0 Å². The number of likely N-dealkylation sites (N-methyl/N-ethyl adjacent to an activating group) is 1. The summed E-state index contributed by atoms with van der Waals surface area (Å²) in [7, 11) is 3.96. The van der Waals surface area contributed by atoms with Gasteiger partial charge in [-0.1, -0.05) is 12.8 Å². The summed E-state index contributed by atoms with van der Waals surface area (Å²) in [6, 6.07) is 0.545. The first-order chi connectivity index (χ1) is 7.44. The second kappa shape index (κ2) is 5.78. The zero-order valence-electron chi connectivity index (χ0n) is 11.1. The topological polar surface area (TPSA) is 35.8 Å². The maximum absolute atomic E-state index is 9.86. The third kappa shape index (κ3) is 4.22. The van der Waals surface area contributed by atoms with Gasteiger partial charge in [0.2, 0.25) is 0 Å². The zero-order valence-corrected chi connectivity index (χ0v) is 11.1. The Bertz CT molecular complexity index is 233. The number of aliphatic imine (C=N–C) groups is 1. The maximum Gasteiger partial charge on any atom is 0.0718 e. The molecular weight excluding hydrogens is 200 g/mol. The van der Waals surface area contributed by atoms with Gasteiger partial charge in [-0.05, 0) is 33.7 Å². The van der Waals surface area contributed by atoms with Crippen molar-refractivity contribution in [3.63, 3.8) is 0 Å². The highest BCUT2D eigenvalue weighted by Crippen LogP contribution is 2.27. The molecule has 1 fully saturated rings. The van der Waals surface area contributed by atoms with Crippen molar-refractivity contribution in [1.82, 2.24) is 4.90 Å². The normalized spacial score (nSPS) is 27.9. The van der Waals surface area contributed by atoms with Gasteiger partial charge in [0, 0.05) is 31.8 Å². The van der Waals surface area contributed by atoms with Crippen LogP contribution in [0.3, 0.4) is 0 Å². The Labute approximate surface area is 99.6 Å². The van der Waals surface area contributed by atoms with Gasteiger partial charge in [0.1, 0.15) is 0 Å². The minimum atomic E-state index is -0.611. The van der Waals surface area contributed by atoms with E-state index in [9.17, 15) is 5.11 Å². The predicted octanol–water partition coefficient (Wildman–Crippen LogP) is 1.95. The van der Waals surface area contributed by atoms with Gasteiger partial charge in [0.05, 0.1) is 5.60 Å². The van der Waals surface area contributed by atoms with Crippen LogP contribution in [0.15, 0.2) is 4.99 Å². The predicted molar refractivity (Wildman–Crippen MR) is 69.1 cm³/mol. The van der Waals surface area contributed by atoms with E-state index in [0.29, 0.717) is 12.0 Å². The van der Waals surface area contributed by atoms with Crippen LogP contribution in [0.5, 0.6) is 0 Å². The Kier molecular flexibility index (Phi) is 4.93. The van der Waals surface area contributed by atoms with Crippen LogP contribution in [0.25, 0.3) is 0 Å². The van der Waals surface area contributed by atoms with E-state index in [2.05, 4.69) is 23.2 Å². The second-order valence-electron chi connectivity index (χ2n) is 5.65. The molecule has 1 saturated carbocycles. The minimum absolute atomic E-state index is 0.545. The van der Waals surface area contributed by atoms with Crippen LogP contribution >= 0.6 is 0 Å². The lowest BCUT2D eigenvalue weighted by Crippen LogP contribution is -2.46. The quantitative estimate of drug-likeness (QED) is 0.744. The van der Waals surface area contributed by atoms with Crippen LogP contribution in [-0.4, -0.2) is 48.5 Å². The van der Waals surface area contributed by atoms with Crippen LogP contribution in [0, 0.1) is 5.92 Å². The van der Waals surface area contributed by atoms with E-state index in [1.54, 1.807) is 0 Å². The number of rotatable bonds is 4. The van der Waals surface area contributed by atoms with Gasteiger partial charge in [0.15, 0.2) is 0 Å². The van der Waals surface area contributed by atoms with Crippen molar-refractivity contribution in [3.05, 3.63) is 0 Å². The number of nitrogens with zero attached hydrogens (tertiary/aromatic N) is 2. The molecule has 2 atom stereocenters. The van der Waals surface area contributed by atoms with Crippen LogP contribution in [0.1, 0.15) is 39.5 Å². The fourth-order valence-electron chi connectivity index (χ4n) is 2.78. The molecule has 0 heterocycles. The van der Waals surface area contributed by atoms with E-state index in [-0.39, 0.29) is 0 Å². The molecule has 0 aromatic carbocycles. The molecule has 1 N–H and O–H groups in total. The van der Waals surface area contributed by atoms with E-state index in [1.807, 2.05) is 20.9 Å². The molecule has 0 aromatic heterocycles. The smallest absolute Gasteiger partial charge is 0.0718 e. The standard InChI is InChI=1S/C13H26N2O/c1-13(2,16)10-15(4)12-8-6-5-7-11(12)9-14-3/h9,11-12,16H,5-8,10H2,1-4H3/t11?,12-/m0/s1. The Morgan fingerprint density at radius 3 is 2.56 bits per heavy atom. The van der Waals surface area contributed by atoms with E-state index in [1.165, 1.54) is 25.7 Å². The van der Waals surface area contributed by atoms with Crippen molar-refractivity contribution in [2.45, 2.75) is 51.2 Å². The van der Waals surface area contributed by atoms with Crippen LogP contribution in [0.4, 0.5) is 0 Å². The summed E-state index contributed by atoms with van der Waals surface area (Å²) in [4.78, 5) is 6.47. The summed E-state index contributed by atoms with van der Waals surface area (Å²) in [6.07, 6.45) is 7.16. The molecule has 1 aliphatic rings. The fourth-order valence-corrected chi connectivity index (χ4v) is 2.78. The SMILES string of the molecule is CN=CC1CCCC[C@@H]1N(C)CC(C)(C)O. The second-order valence-corrected chi connectivity index (χ2v) is 5.65. The van der Waals surface area contributed by atoms with Gasteiger partial charge >= 0.3 is 0 Å². The molecule has 0 radical (unpaired) electrons. The lowest BCUT2D eigenvalue weighted by Gasteiger charge is -2.38. The molecule has 0 aromatic rings. The summed E-state index contributed by atoms with van der Waals surface area (Å²) in [6.45, 7) is 4.47. The molecule has 3 nitrogen and oxygen atoms in total. The molecule has 1 rings (SSSR count). The third-order valence-electron chi connectivity index (χ3n) is 3.32. The molecule has 1 aliphatic carbocycles. The van der Waals surface area contributed by atoms with E-state index >= 15 is 0 Å². The van der Waals surface area contributed by atoms with Crippen molar-refractivity contribution in [2.75, 3.05) is 20.6 Å². The first-order valence-corrected chi connectivity index (χ1v) is 6.29. The average Bonchev–Trinajstić information content (AvgIpc) is 2.16. The molecule has 1 unspecified atom stereocenters.